The molecule has 0 heterocycles. The average Bonchev–Trinajstić information content (AvgIpc) is 2.62. The van der Waals surface area contributed by atoms with Gasteiger partial charge in [0.25, 0.3) is 5.91 Å². The first-order valence-electron chi connectivity index (χ1n) is 7.75. The molecular formula is C20H14F3NOS. The van der Waals surface area contributed by atoms with Crippen molar-refractivity contribution in [2.24, 2.45) is 0 Å². The van der Waals surface area contributed by atoms with E-state index in [2.05, 4.69) is 5.32 Å². The Balaban J connectivity index is 1.62. The van der Waals surface area contributed by atoms with Crippen molar-refractivity contribution in [3.63, 3.8) is 0 Å². The number of halogens is 3. The van der Waals surface area contributed by atoms with Gasteiger partial charge in [0.05, 0.1) is 0 Å². The van der Waals surface area contributed by atoms with Crippen LogP contribution in [0.25, 0.3) is 0 Å². The highest BCUT2D eigenvalue weighted by Gasteiger charge is 2.16. The van der Waals surface area contributed by atoms with Gasteiger partial charge < -0.3 is 5.32 Å². The Morgan fingerprint density at radius 1 is 0.846 bits per heavy atom. The quantitative estimate of drug-likeness (QED) is 0.586. The zero-order valence-corrected chi connectivity index (χ0v) is 14.3. The first-order chi connectivity index (χ1) is 12.5. The Kier molecular flexibility index (Phi) is 5.63. The fourth-order valence-electron chi connectivity index (χ4n) is 2.29. The maximum absolute atomic E-state index is 13.6. The lowest BCUT2D eigenvalue weighted by atomic mass is 10.1. The minimum atomic E-state index is -0.908. The van der Waals surface area contributed by atoms with Crippen molar-refractivity contribution in [1.29, 1.82) is 0 Å². The molecule has 0 saturated carbocycles. The normalized spacial score (nSPS) is 10.6. The Labute approximate surface area is 153 Å². The maximum atomic E-state index is 13.6. The standard InChI is InChI=1S/C20H14F3NOS/c21-14-6-10-16(11-7-14)26-12-13-4-8-15(9-5-13)24-20(25)19-17(22)2-1-3-18(19)23/h1-11H,12H2,(H,24,25). The van der Waals surface area contributed by atoms with E-state index < -0.39 is 23.1 Å². The first-order valence-corrected chi connectivity index (χ1v) is 8.74. The van der Waals surface area contributed by atoms with E-state index in [0.717, 1.165) is 22.6 Å². The number of rotatable bonds is 5. The molecule has 0 radical (unpaired) electrons. The van der Waals surface area contributed by atoms with E-state index in [1.54, 1.807) is 36.0 Å². The number of thioether (sulfide) groups is 1. The van der Waals surface area contributed by atoms with Crippen molar-refractivity contribution in [1.82, 2.24) is 0 Å². The third-order valence-corrected chi connectivity index (χ3v) is 4.70. The van der Waals surface area contributed by atoms with Gasteiger partial charge in [-0.1, -0.05) is 18.2 Å². The molecule has 0 saturated heterocycles. The molecule has 132 valence electrons. The summed E-state index contributed by atoms with van der Waals surface area (Å²) in [6, 6.07) is 16.4. The van der Waals surface area contributed by atoms with Gasteiger partial charge in [-0.25, -0.2) is 13.2 Å². The predicted octanol–water partition coefficient (Wildman–Crippen LogP) is 5.65. The van der Waals surface area contributed by atoms with Crippen LogP contribution in [0.1, 0.15) is 15.9 Å². The SMILES string of the molecule is O=C(Nc1ccc(CSc2ccc(F)cc2)cc1)c1c(F)cccc1F. The van der Waals surface area contributed by atoms with Crippen LogP contribution in [0.3, 0.4) is 0 Å². The summed E-state index contributed by atoms with van der Waals surface area (Å²) in [5.41, 5.74) is 0.825. The lowest BCUT2D eigenvalue weighted by Crippen LogP contribution is -2.15. The molecule has 0 aliphatic rings. The van der Waals surface area contributed by atoms with Crippen molar-refractivity contribution in [2.45, 2.75) is 10.6 Å². The number of anilines is 1. The van der Waals surface area contributed by atoms with E-state index in [-0.39, 0.29) is 5.82 Å². The number of hydrogen-bond donors (Lipinski definition) is 1. The summed E-state index contributed by atoms with van der Waals surface area (Å²) in [5.74, 6) is -2.26. The summed E-state index contributed by atoms with van der Waals surface area (Å²) in [6.07, 6.45) is 0. The Morgan fingerprint density at radius 3 is 2.08 bits per heavy atom. The molecule has 0 aromatic heterocycles. The topological polar surface area (TPSA) is 29.1 Å². The largest absolute Gasteiger partial charge is 0.322 e. The van der Waals surface area contributed by atoms with Crippen LogP contribution in [0.4, 0.5) is 18.9 Å². The first kappa shape index (κ1) is 18.1. The van der Waals surface area contributed by atoms with Gasteiger partial charge in [0, 0.05) is 16.3 Å². The van der Waals surface area contributed by atoms with Gasteiger partial charge in [0.15, 0.2) is 0 Å². The van der Waals surface area contributed by atoms with Crippen LogP contribution in [-0.2, 0) is 5.75 Å². The third kappa shape index (κ3) is 4.46. The molecule has 0 aliphatic heterocycles. The van der Waals surface area contributed by atoms with Gasteiger partial charge in [-0.05, 0) is 54.1 Å². The zero-order valence-electron chi connectivity index (χ0n) is 13.5. The van der Waals surface area contributed by atoms with Crippen LogP contribution in [-0.4, -0.2) is 5.91 Å². The summed E-state index contributed by atoms with van der Waals surface area (Å²) in [7, 11) is 0. The average molecular weight is 373 g/mol. The molecular weight excluding hydrogens is 359 g/mol. The van der Waals surface area contributed by atoms with Crippen LogP contribution in [0.2, 0.25) is 0 Å². The second-order valence-corrected chi connectivity index (χ2v) is 6.54. The number of nitrogens with one attached hydrogen (secondary N) is 1. The number of carbonyl (C=O) groups is 1. The van der Waals surface area contributed by atoms with Crippen LogP contribution >= 0.6 is 11.8 Å². The zero-order chi connectivity index (χ0) is 18.5. The van der Waals surface area contributed by atoms with Gasteiger partial charge in [-0.15, -0.1) is 11.8 Å². The second-order valence-electron chi connectivity index (χ2n) is 5.49. The van der Waals surface area contributed by atoms with Gasteiger partial charge in [-0.3, -0.25) is 4.79 Å². The highest BCUT2D eigenvalue weighted by atomic mass is 32.2. The fourth-order valence-corrected chi connectivity index (χ4v) is 3.14. The van der Waals surface area contributed by atoms with Crippen LogP contribution in [0.5, 0.6) is 0 Å². The van der Waals surface area contributed by atoms with Gasteiger partial charge in [0.1, 0.15) is 23.0 Å². The highest BCUT2D eigenvalue weighted by molar-refractivity contribution is 7.98. The third-order valence-electron chi connectivity index (χ3n) is 3.62. The van der Waals surface area contributed by atoms with E-state index in [1.807, 2.05) is 12.1 Å². The van der Waals surface area contributed by atoms with Crippen molar-refractivity contribution >= 4 is 23.4 Å². The summed E-state index contributed by atoms with van der Waals surface area (Å²) >= 11 is 1.55. The van der Waals surface area contributed by atoms with E-state index in [0.29, 0.717) is 11.4 Å². The molecule has 26 heavy (non-hydrogen) atoms. The van der Waals surface area contributed by atoms with E-state index in [1.165, 1.54) is 18.2 Å². The molecule has 0 fully saturated rings. The smallest absolute Gasteiger partial charge is 0.261 e. The summed E-state index contributed by atoms with van der Waals surface area (Å²) < 4.78 is 40.1. The van der Waals surface area contributed by atoms with Gasteiger partial charge in [0.2, 0.25) is 0 Å². The van der Waals surface area contributed by atoms with Crippen molar-refractivity contribution in [3.05, 3.63) is 95.3 Å². The number of carbonyl (C=O) groups excluding carboxylic acids is 1. The minimum Gasteiger partial charge on any atom is -0.322 e. The number of hydrogen-bond acceptors (Lipinski definition) is 2. The lowest BCUT2D eigenvalue weighted by Gasteiger charge is -2.08. The molecule has 3 aromatic carbocycles. The summed E-state index contributed by atoms with van der Waals surface area (Å²) in [5, 5.41) is 2.48. The molecule has 0 atom stereocenters. The highest BCUT2D eigenvalue weighted by Crippen LogP contribution is 2.24. The van der Waals surface area contributed by atoms with Gasteiger partial charge in [-0.2, -0.15) is 0 Å². The van der Waals surface area contributed by atoms with Gasteiger partial charge >= 0.3 is 0 Å². The van der Waals surface area contributed by atoms with E-state index >= 15 is 0 Å². The molecule has 3 aromatic rings. The van der Waals surface area contributed by atoms with Crippen LogP contribution in [0, 0.1) is 17.5 Å². The number of benzene rings is 3. The van der Waals surface area contributed by atoms with Crippen LogP contribution < -0.4 is 5.32 Å². The molecule has 2 nitrogen and oxygen atoms in total. The second kappa shape index (κ2) is 8.10. The maximum Gasteiger partial charge on any atom is 0.261 e. The molecule has 0 spiro atoms. The minimum absolute atomic E-state index is 0.277. The Bertz CT molecular complexity index is 891. The summed E-state index contributed by atoms with van der Waals surface area (Å²) in [6.45, 7) is 0. The predicted molar refractivity (Wildman–Crippen MR) is 96.7 cm³/mol. The monoisotopic (exact) mass is 373 g/mol. The Hall–Kier alpha value is -2.73. The van der Waals surface area contributed by atoms with E-state index in [9.17, 15) is 18.0 Å². The van der Waals surface area contributed by atoms with Crippen LogP contribution in [0.15, 0.2) is 71.6 Å². The van der Waals surface area contributed by atoms with Crippen molar-refractivity contribution in [2.75, 3.05) is 5.32 Å². The van der Waals surface area contributed by atoms with E-state index in [4.69, 9.17) is 0 Å². The molecule has 1 amide bonds. The fraction of sp³-hybridized carbons (Fsp3) is 0.0500. The lowest BCUT2D eigenvalue weighted by molar-refractivity contribution is 0.101. The Morgan fingerprint density at radius 2 is 1.46 bits per heavy atom. The van der Waals surface area contributed by atoms with Crippen molar-refractivity contribution < 1.29 is 18.0 Å². The molecule has 3 rings (SSSR count). The molecule has 0 aliphatic carbocycles. The molecule has 0 unspecified atom stereocenters. The molecule has 1 N–H and O–H groups in total. The number of amides is 1. The van der Waals surface area contributed by atoms with Crippen molar-refractivity contribution in [3.8, 4) is 0 Å². The molecule has 0 bridgehead atoms. The summed E-state index contributed by atoms with van der Waals surface area (Å²) in [4.78, 5) is 13.0. The molecule has 6 heteroatoms.